The van der Waals surface area contributed by atoms with Crippen LogP contribution in [0.2, 0.25) is 0 Å². The highest BCUT2D eigenvalue weighted by Gasteiger charge is 2.28. The number of pyridine rings is 1. The summed E-state index contributed by atoms with van der Waals surface area (Å²) in [4.78, 5) is 12.1. The standard InChI is InChI=1S/C41H34N4/c1-27(2)34-17-10-18-36-28(3)35-20-19-33(26-38(35)41-43-23-24-44(41)40(34)36)45(31-13-5-4-6-14-31)32-15-9-12-30(25-32)39-37-16-8-7-11-29(37)21-22-42-39/h4-28H,1-3H3. The lowest BCUT2D eigenvalue weighted by atomic mass is 9.87. The minimum absolute atomic E-state index is 0.218. The van der Waals surface area contributed by atoms with Gasteiger partial charge in [-0.2, -0.15) is 0 Å². The molecule has 1 aliphatic rings. The Hall–Kier alpha value is -5.48. The minimum Gasteiger partial charge on any atom is -0.310 e. The molecule has 1 unspecified atom stereocenters. The third-order valence-electron chi connectivity index (χ3n) is 9.14. The van der Waals surface area contributed by atoms with Crippen LogP contribution < -0.4 is 4.90 Å². The van der Waals surface area contributed by atoms with E-state index >= 15 is 0 Å². The van der Waals surface area contributed by atoms with Crippen LogP contribution in [-0.4, -0.2) is 14.5 Å². The van der Waals surface area contributed by atoms with Gasteiger partial charge in [-0.05, 0) is 70.5 Å². The molecule has 4 nitrogen and oxygen atoms in total. The third-order valence-corrected chi connectivity index (χ3v) is 9.14. The van der Waals surface area contributed by atoms with Crippen LogP contribution in [0.1, 0.15) is 49.3 Å². The summed E-state index contributed by atoms with van der Waals surface area (Å²) < 4.78 is 2.30. The Labute approximate surface area is 264 Å². The quantitative estimate of drug-likeness (QED) is 0.202. The Morgan fingerprint density at radius 2 is 1.44 bits per heavy atom. The van der Waals surface area contributed by atoms with Gasteiger partial charge in [-0.1, -0.05) is 99.6 Å². The van der Waals surface area contributed by atoms with E-state index in [9.17, 15) is 0 Å². The zero-order valence-corrected chi connectivity index (χ0v) is 25.7. The van der Waals surface area contributed by atoms with Crippen molar-refractivity contribution in [2.75, 3.05) is 4.90 Å². The summed E-state index contributed by atoms with van der Waals surface area (Å²) in [7, 11) is 0. The van der Waals surface area contributed by atoms with E-state index in [1.54, 1.807) is 0 Å². The van der Waals surface area contributed by atoms with E-state index in [0.717, 1.165) is 45.1 Å². The van der Waals surface area contributed by atoms with E-state index in [2.05, 4.69) is 158 Å². The first-order valence-corrected chi connectivity index (χ1v) is 15.7. The van der Waals surface area contributed by atoms with Gasteiger partial charge in [-0.3, -0.25) is 9.55 Å². The number of para-hydroxylation sites is 2. The fourth-order valence-electron chi connectivity index (χ4n) is 6.94. The van der Waals surface area contributed by atoms with Gasteiger partial charge in [-0.25, -0.2) is 4.98 Å². The summed E-state index contributed by atoms with van der Waals surface area (Å²) >= 11 is 0. The van der Waals surface area contributed by atoms with Gasteiger partial charge in [0.2, 0.25) is 0 Å². The van der Waals surface area contributed by atoms with Gasteiger partial charge >= 0.3 is 0 Å². The van der Waals surface area contributed by atoms with Crippen LogP contribution in [0, 0.1) is 0 Å². The van der Waals surface area contributed by atoms with Crippen LogP contribution in [0.4, 0.5) is 17.1 Å². The van der Waals surface area contributed by atoms with Crippen LogP contribution >= 0.6 is 0 Å². The second kappa shape index (κ2) is 10.9. The predicted octanol–water partition coefficient (Wildman–Crippen LogP) is 10.8. The summed E-state index contributed by atoms with van der Waals surface area (Å²) in [6.07, 6.45) is 5.94. The number of nitrogens with zero attached hydrogens (tertiary/aromatic N) is 4. The van der Waals surface area contributed by atoms with E-state index in [1.807, 2.05) is 12.4 Å². The summed E-state index contributed by atoms with van der Waals surface area (Å²) in [6, 6.07) is 43.5. The van der Waals surface area contributed by atoms with Crippen molar-refractivity contribution in [3.63, 3.8) is 0 Å². The lowest BCUT2D eigenvalue weighted by molar-refractivity contribution is 0.831. The average Bonchev–Trinajstić information content (AvgIpc) is 3.54. The summed E-state index contributed by atoms with van der Waals surface area (Å²) in [5.74, 6) is 1.60. The van der Waals surface area contributed by atoms with Crippen molar-refractivity contribution < 1.29 is 0 Å². The van der Waals surface area contributed by atoms with Gasteiger partial charge < -0.3 is 4.90 Å². The lowest BCUT2D eigenvalue weighted by Gasteiger charge is -2.27. The molecule has 3 heterocycles. The van der Waals surface area contributed by atoms with Crippen LogP contribution in [0.25, 0.3) is 39.1 Å². The molecule has 45 heavy (non-hydrogen) atoms. The molecule has 8 rings (SSSR count). The second-order valence-corrected chi connectivity index (χ2v) is 12.2. The maximum atomic E-state index is 4.96. The topological polar surface area (TPSA) is 34.0 Å². The first kappa shape index (κ1) is 27.1. The largest absolute Gasteiger partial charge is 0.310 e. The zero-order chi connectivity index (χ0) is 30.5. The number of benzene rings is 5. The van der Waals surface area contributed by atoms with Crippen molar-refractivity contribution in [1.29, 1.82) is 0 Å². The van der Waals surface area contributed by atoms with Crippen LogP contribution in [0.3, 0.4) is 0 Å². The molecule has 0 aliphatic carbocycles. The van der Waals surface area contributed by atoms with E-state index in [-0.39, 0.29) is 5.92 Å². The molecular weight excluding hydrogens is 548 g/mol. The lowest BCUT2D eigenvalue weighted by Crippen LogP contribution is -2.11. The van der Waals surface area contributed by atoms with Gasteiger partial charge in [0, 0.05) is 58.1 Å². The van der Waals surface area contributed by atoms with Gasteiger partial charge in [0.25, 0.3) is 0 Å². The SMILES string of the molecule is CC(C)c1cccc2c1-n1ccnc1-c1cc(N(c3ccccc3)c3cccc(-c4nccc5ccccc45)c3)ccc1C2C. The van der Waals surface area contributed by atoms with E-state index in [1.165, 1.54) is 27.8 Å². The number of fused-ring (bicyclic) bond motifs is 6. The fraction of sp³-hybridized carbons (Fsp3) is 0.122. The monoisotopic (exact) mass is 582 g/mol. The smallest absolute Gasteiger partial charge is 0.144 e. The zero-order valence-electron chi connectivity index (χ0n) is 25.7. The number of rotatable bonds is 5. The van der Waals surface area contributed by atoms with E-state index < -0.39 is 0 Å². The maximum absolute atomic E-state index is 4.96. The predicted molar refractivity (Wildman–Crippen MR) is 186 cm³/mol. The third kappa shape index (κ3) is 4.53. The van der Waals surface area contributed by atoms with Crippen LogP contribution in [0.15, 0.2) is 140 Å². The molecule has 0 bridgehead atoms. The second-order valence-electron chi connectivity index (χ2n) is 12.2. The first-order chi connectivity index (χ1) is 22.1. The molecule has 0 fully saturated rings. The van der Waals surface area contributed by atoms with Crippen molar-refractivity contribution in [3.05, 3.63) is 157 Å². The van der Waals surface area contributed by atoms with Crippen molar-refractivity contribution in [2.45, 2.75) is 32.6 Å². The fourth-order valence-corrected chi connectivity index (χ4v) is 6.94. The number of anilines is 3. The molecule has 0 saturated carbocycles. The van der Waals surface area contributed by atoms with E-state index in [4.69, 9.17) is 9.97 Å². The normalized spacial score (nSPS) is 13.6. The molecule has 0 N–H and O–H groups in total. The van der Waals surface area contributed by atoms with Gasteiger partial charge in [0.15, 0.2) is 0 Å². The van der Waals surface area contributed by atoms with Gasteiger partial charge in [0.05, 0.1) is 11.4 Å². The van der Waals surface area contributed by atoms with Crippen LogP contribution in [-0.2, 0) is 0 Å². The maximum Gasteiger partial charge on any atom is 0.144 e. The number of imidazole rings is 1. The molecule has 2 aromatic heterocycles. The minimum atomic E-state index is 0.218. The summed E-state index contributed by atoms with van der Waals surface area (Å²) in [5, 5.41) is 2.33. The molecule has 0 saturated heterocycles. The highest BCUT2D eigenvalue weighted by atomic mass is 15.1. The molecule has 4 heteroatoms. The first-order valence-electron chi connectivity index (χ1n) is 15.7. The molecular formula is C41H34N4. The highest BCUT2D eigenvalue weighted by molar-refractivity contribution is 5.95. The van der Waals surface area contributed by atoms with Crippen molar-refractivity contribution >= 4 is 27.8 Å². The molecule has 218 valence electrons. The van der Waals surface area contributed by atoms with Crippen LogP contribution in [0.5, 0.6) is 0 Å². The van der Waals surface area contributed by atoms with Crippen molar-refractivity contribution in [2.24, 2.45) is 0 Å². The van der Waals surface area contributed by atoms with Gasteiger partial charge in [-0.15, -0.1) is 0 Å². The number of hydrogen-bond acceptors (Lipinski definition) is 3. The average molecular weight is 583 g/mol. The molecule has 0 amide bonds. The van der Waals surface area contributed by atoms with Gasteiger partial charge in [0.1, 0.15) is 5.82 Å². The Bertz CT molecular complexity index is 2170. The Morgan fingerprint density at radius 3 is 2.31 bits per heavy atom. The van der Waals surface area contributed by atoms with Crippen molar-refractivity contribution in [1.82, 2.24) is 14.5 Å². The Morgan fingerprint density at radius 1 is 0.667 bits per heavy atom. The molecule has 1 atom stereocenters. The Kier molecular flexibility index (Phi) is 6.57. The highest BCUT2D eigenvalue weighted by Crippen LogP contribution is 2.45. The molecule has 0 spiro atoms. The molecule has 1 aliphatic heterocycles. The van der Waals surface area contributed by atoms with Crippen molar-refractivity contribution in [3.8, 4) is 28.3 Å². The Balaban J connectivity index is 1.31. The number of hydrogen-bond donors (Lipinski definition) is 0. The summed E-state index contributed by atoms with van der Waals surface area (Å²) in [5.41, 5.74) is 11.7. The molecule has 0 radical (unpaired) electrons. The van der Waals surface area contributed by atoms with E-state index in [0.29, 0.717) is 5.92 Å². The number of aromatic nitrogens is 3. The molecule has 5 aromatic carbocycles. The summed E-state index contributed by atoms with van der Waals surface area (Å²) in [6.45, 7) is 6.86. The molecule has 7 aromatic rings.